The van der Waals surface area contributed by atoms with Crippen molar-refractivity contribution in [1.29, 1.82) is 0 Å². The Labute approximate surface area is 152 Å². The molecule has 1 N–H and O–H groups in total. The number of nitrogens with one attached hydrogen (secondary N) is 1. The number of hydrogen-bond acceptors (Lipinski definition) is 5. The van der Waals surface area contributed by atoms with Crippen LogP contribution in [0.3, 0.4) is 0 Å². The highest BCUT2D eigenvalue weighted by molar-refractivity contribution is 5.90. The molecule has 0 unspecified atom stereocenters. The Morgan fingerprint density at radius 3 is 2.74 bits per heavy atom. The summed E-state index contributed by atoms with van der Waals surface area (Å²) in [5.41, 5.74) is -0.488. The summed E-state index contributed by atoms with van der Waals surface area (Å²) in [5.74, 6) is -0.180. The maximum Gasteiger partial charge on any atom is 0.435 e. The van der Waals surface area contributed by atoms with E-state index in [0.29, 0.717) is 24.3 Å². The van der Waals surface area contributed by atoms with E-state index in [9.17, 15) is 18.0 Å². The van der Waals surface area contributed by atoms with Crippen LogP contribution in [-0.4, -0.2) is 41.8 Å². The molecule has 0 bridgehead atoms. The molecule has 8 nitrogen and oxygen atoms in total. The highest BCUT2D eigenvalue weighted by Crippen LogP contribution is 2.30. The maximum absolute atomic E-state index is 12.8. The Balaban J connectivity index is 1.63. The molecule has 1 atom stereocenters. The third-order valence-corrected chi connectivity index (χ3v) is 4.11. The van der Waals surface area contributed by atoms with Gasteiger partial charge in [-0.2, -0.15) is 23.3 Å². The maximum atomic E-state index is 12.8. The largest absolute Gasteiger partial charge is 0.435 e. The van der Waals surface area contributed by atoms with E-state index in [-0.39, 0.29) is 18.4 Å². The Bertz CT molecular complexity index is 914. The van der Waals surface area contributed by atoms with E-state index in [2.05, 4.69) is 25.5 Å². The van der Waals surface area contributed by atoms with Gasteiger partial charge in [-0.3, -0.25) is 9.48 Å². The minimum atomic E-state index is -4.48. The molecule has 0 aromatic carbocycles. The molecule has 27 heavy (non-hydrogen) atoms. The summed E-state index contributed by atoms with van der Waals surface area (Å²) in [6.45, 7) is 3.69. The van der Waals surface area contributed by atoms with E-state index in [1.165, 1.54) is 9.20 Å². The summed E-state index contributed by atoms with van der Waals surface area (Å²) in [4.78, 5) is 20.2. The Morgan fingerprint density at radius 1 is 1.33 bits per heavy atom. The van der Waals surface area contributed by atoms with E-state index in [0.717, 1.165) is 6.07 Å². The van der Waals surface area contributed by atoms with Gasteiger partial charge in [0.15, 0.2) is 5.69 Å². The van der Waals surface area contributed by atoms with Crippen molar-refractivity contribution in [2.45, 2.75) is 38.9 Å². The molecule has 0 saturated heterocycles. The van der Waals surface area contributed by atoms with Gasteiger partial charge in [0.05, 0.1) is 6.04 Å². The number of aromatic nitrogens is 6. The van der Waals surface area contributed by atoms with Crippen molar-refractivity contribution in [3.05, 3.63) is 41.7 Å². The number of halogens is 3. The van der Waals surface area contributed by atoms with E-state index in [1.54, 1.807) is 25.4 Å². The molecule has 3 aromatic heterocycles. The second-order valence-corrected chi connectivity index (χ2v) is 6.02. The van der Waals surface area contributed by atoms with Crippen molar-refractivity contribution in [3.63, 3.8) is 0 Å². The number of carbonyl (C=O) groups is 1. The zero-order valence-corrected chi connectivity index (χ0v) is 14.7. The molecule has 0 spiro atoms. The normalized spacial score (nSPS) is 13.1. The first-order valence-electron chi connectivity index (χ1n) is 8.38. The monoisotopic (exact) mass is 381 g/mol. The zero-order chi connectivity index (χ0) is 19.6. The quantitative estimate of drug-likeness (QED) is 0.708. The fourth-order valence-corrected chi connectivity index (χ4v) is 2.76. The summed E-state index contributed by atoms with van der Waals surface area (Å²) in [7, 11) is 0. The highest BCUT2D eigenvalue weighted by Gasteiger charge is 2.35. The van der Waals surface area contributed by atoms with Crippen molar-refractivity contribution in [2.24, 2.45) is 0 Å². The summed E-state index contributed by atoms with van der Waals surface area (Å²) in [5, 5.41) is 10.4. The first-order chi connectivity index (χ1) is 12.8. The number of alkyl halides is 3. The number of hydrogen-bond donors (Lipinski definition) is 1. The Morgan fingerprint density at radius 2 is 2.11 bits per heavy atom. The standard InChI is InChI=1S/C16H18F3N7O/c1-3-11(26-10(2)9-12(23-26)16(17,18)19)5-7-20-14(27)13-22-15-21-6-4-8-25(15)24-13/h4,6,8-9,11H,3,5,7H2,1-2H3,(H,20,27)/t11-/m1/s1. The van der Waals surface area contributed by atoms with E-state index in [4.69, 9.17) is 0 Å². The number of nitrogens with zero attached hydrogens (tertiary/aromatic N) is 6. The van der Waals surface area contributed by atoms with Crippen LogP contribution in [0.5, 0.6) is 0 Å². The lowest BCUT2D eigenvalue weighted by atomic mass is 10.1. The molecule has 3 heterocycles. The summed E-state index contributed by atoms with van der Waals surface area (Å²) in [6.07, 6.45) is -0.317. The minimum Gasteiger partial charge on any atom is -0.349 e. The molecule has 3 aromatic rings. The molecular weight excluding hydrogens is 363 g/mol. The van der Waals surface area contributed by atoms with Crippen LogP contribution in [0.25, 0.3) is 5.78 Å². The summed E-state index contributed by atoms with van der Waals surface area (Å²) < 4.78 is 41.2. The van der Waals surface area contributed by atoms with Crippen LogP contribution >= 0.6 is 0 Å². The molecule has 11 heteroatoms. The lowest BCUT2D eigenvalue weighted by Gasteiger charge is -2.17. The highest BCUT2D eigenvalue weighted by atomic mass is 19.4. The lowest BCUT2D eigenvalue weighted by Crippen LogP contribution is -2.28. The molecule has 144 valence electrons. The topological polar surface area (TPSA) is 90.0 Å². The van der Waals surface area contributed by atoms with Crippen LogP contribution in [0.1, 0.15) is 47.8 Å². The molecule has 1 amide bonds. The number of aryl methyl sites for hydroxylation is 1. The van der Waals surface area contributed by atoms with Gasteiger partial charge < -0.3 is 5.32 Å². The van der Waals surface area contributed by atoms with Crippen LogP contribution in [0.15, 0.2) is 24.5 Å². The number of fused-ring (bicyclic) bond motifs is 1. The molecular formula is C16H18F3N7O. The Kier molecular flexibility index (Phi) is 5.10. The average molecular weight is 381 g/mol. The van der Waals surface area contributed by atoms with Gasteiger partial charge in [-0.25, -0.2) is 9.50 Å². The minimum absolute atomic E-state index is 0.0172. The molecule has 0 aliphatic rings. The van der Waals surface area contributed by atoms with Crippen LogP contribution in [0.4, 0.5) is 13.2 Å². The molecule has 3 rings (SSSR count). The zero-order valence-electron chi connectivity index (χ0n) is 14.7. The van der Waals surface area contributed by atoms with E-state index >= 15 is 0 Å². The van der Waals surface area contributed by atoms with Gasteiger partial charge in [-0.15, -0.1) is 5.10 Å². The fourth-order valence-electron chi connectivity index (χ4n) is 2.76. The van der Waals surface area contributed by atoms with Crippen molar-refractivity contribution < 1.29 is 18.0 Å². The second-order valence-electron chi connectivity index (χ2n) is 6.02. The second kappa shape index (κ2) is 7.33. The summed E-state index contributed by atoms with van der Waals surface area (Å²) >= 11 is 0. The third-order valence-electron chi connectivity index (χ3n) is 4.11. The molecule has 0 saturated carbocycles. The van der Waals surface area contributed by atoms with Gasteiger partial charge in [0.25, 0.3) is 11.7 Å². The number of rotatable bonds is 6. The van der Waals surface area contributed by atoms with E-state index in [1.807, 2.05) is 6.92 Å². The predicted octanol–water partition coefficient (Wildman–Crippen LogP) is 2.42. The smallest absolute Gasteiger partial charge is 0.349 e. The Hall–Kier alpha value is -2.98. The molecule has 0 aliphatic heterocycles. The van der Waals surface area contributed by atoms with Gasteiger partial charge in [0.1, 0.15) is 0 Å². The van der Waals surface area contributed by atoms with Crippen molar-refractivity contribution >= 4 is 11.7 Å². The van der Waals surface area contributed by atoms with Crippen molar-refractivity contribution in [1.82, 2.24) is 34.7 Å². The van der Waals surface area contributed by atoms with Gasteiger partial charge in [0.2, 0.25) is 5.82 Å². The van der Waals surface area contributed by atoms with Gasteiger partial charge in [-0.05, 0) is 31.9 Å². The fraction of sp³-hybridized carbons (Fsp3) is 0.438. The number of carbonyl (C=O) groups excluding carboxylic acids is 1. The van der Waals surface area contributed by atoms with Crippen molar-refractivity contribution in [3.8, 4) is 0 Å². The van der Waals surface area contributed by atoms with Crippen LogP contribution in [-0.2, 0) is 6.18 Å². The average Bonchev–Trinajstić information content (AvgIpc) is 3.22. The van der Waals surface area contributed by atoms with Crippen molar-refractivity contribution in [2.75, 3.05) is 6.54 Å². The first-order valence-corrected chi connectivity index (χ1v) is 8.38. The molecule has 0 aliphatic carbocycles. The molecule has 0 radical (unpaired) electrons. The number of amides is 1. The molecule has 0 fully saturated rings. The van der Waals surface area contributed by atoms with Crippen LogP contribution in [0, 0.1) is 6.92 Å². The first kappa shape index (κ1) is 18.8. The van der Waals surface area contributed by atoms with Gasteiger partial charge in [-0.1, -0.05) is 6.92 Å². The van der Waals surface area contributed by atoms with Gasteiger partial charge >= 0.3 is 6.18 Å². The third kappa shape index (κ3) is 4.07. The van der Waals surface area contributed by atoms with Crippen LogP contribution in [0.2, 0.25) is 0 Å². The lowest BCUT2D eigenvalue weighted by molar-refractivity contribution is -0.141. The van der Waals surface area contributed by atoms with E-state index < -0.39 is 17.8 Å². The summed E-state index contributed by atoms with van der Waals surface area (Å²) in [6, 6.07) is 2.42. The van der Waals surface area contributed by atoms with Gasteiger partial charge in [0, 0.05) is 24.6 Å². The predicted molar refractivity (Wildman–Crippen MR) is 89.0 cm³/mol. The SMILES string of the molecule is CC[C@H](CCNC(=O)c1nc2ncccn2n1)n1nc(C(F)(F)F)cc1C. The van der Waals surface area contributed by atoms with Crippen LogP contribution < -0.4 is 5.32 Å².